The van der Waals surface area contributed by atoms with Crippen molar-refractivity contribution in [1.29, 1.82) is 0 Å². The molecule has 100 valence electrons. The number of halogens is 1. The second-order valence-corrected chi connectivity index (χ2v) is 4.82. The lowest BCUT2D eigenvalue weighted by atomic mass is 10.1. The summed E-state index contributed by atoms with van der Waals surface area (Å²) in [6.45, 7) is 2.40. The van der Waals surface area contributed by atoms with Gasteiger partial charge in [0.1, 0.15) is 5.82 Å². The van der Waals surface area contributed by atoms with E-state index >= 15 is 0 Å². The topological polar surface area (TPSA) is 24.5 Å². The van der Waals surface area contributed by atoms with Crippen LogP contribution in [-0.4, -0.2) is 33.4 Å². The standard InChI is InChI=1S/C14H21FN2O/c1-16-9-11-8-12(15)5-6-14(11)17(2)10-13-4-3-7-18-13/h5-6,8,13,16H,3-4,7,9-10H2,1-2H3. The Hall–Kier alpha value is -1.13. The van der Waals surface area contributed by atoms with Crippen molar-refractivity contribution >= 4 is 5.69 Å². The van der Waals surface area contributed by atoms with E-state index in [1.54, 1.807) is 6.07 Å². The molecule has 18 heavy (non-hydrogen) atoms. The Morgan fingerprint density at radius 2 is 2.33 bits per heavy atom. The van der Waals surface area contributed by atoms with Gasteiger partial charge in [0.25, 0.3) is 0 Å². The molecule has 2 rings (SSSR count). The summed E-state index contributed by atoms with van der Waals surface area (Å²) in [7, 11) is 3.91. The van der Waals surface area contributed by atoms with E-state index in [2.05, 4.69) is 10.2 Å². The number of hydrogen-bond donors (Lipinski definition) is 1. The number of nitrogens with zero attached hydrogens (tertiary/aromatic N) is 1. The molecule has 0 radical (unpaired) electrons. The Kier molecular flexibility index (Phi) is 4.55. The van der Waals surface area contributed by atoms with Gasteiger partial charge in [-0.1, -0.05) is 0 Å². The third-order valence-corrected chi connectivity index (χ3v) is 3.32. The fourth-order valence-electron chi connectivity index (χ4n) is 2.45. The number of ether oxygens (including phenoxy) is 1. The fourth-order valence-corrected chi connectivity index (χ4v) is 2.45. The molecular formula is C14H21FN2O. The number of likely N-dealkylation sites (N-methyl/N-ethyl adjacent to an activating group) is 1. The van der Waals surface area contributed by atoms with Crippen molar-refractivity contribution in [1.82, 2.24) is 5.32 Å². The van der Waals surface area contributed by atoms with E-state index in [9.17, 15) is 4.39 Å². The number of anilines is 1. The van der Waals surface area contributed by atoms with Crippen molar-refractivity contribution < 1.29 is 9.13 Å². The molecule has 1 N–H and O–H groups in total. The highest BCUT2D eigenvalue weighted by Crippen LogP contribution is 2.23. The minimum Gasteiger partial charge on any atom is -0.376 e. The Morgan fingerprint density at radius 3 is 3.00 bits per heavy atom. The quantitative estimate of drug-likeness (QED) is 0.869. The lowest BCUT2D eigenvalue weighted by Gasteiger charge is -2.25. The maximum Gasteiger partial charge on any atom is 0.123 e. The van der Waals surface area contributed by atoms with Crippen molar-refractivity contribution in [3.05, 3.63) is 29.6 Å². The van der Waals surface area contributed by atoms with Gasteiger partial charge in [-0.3, -0.25) is 0 Å². The van der Waals surface area contributed by atoms with E-state index in [-0.39, 0.29) is 5.82 Å². The first-order valence-corrected chi connectivity index (χ1v) is 6.46. The van der Waals surface area contributed by atoms with Gasteiger partial charge in [0.05, 0.1) is 6.10 Å². The highest BCUT2D eigenvalue weighted by molar-refractivity contribution is 5.53. The largest absolute Gasteiger partial charge is 0.376 e. The van der Waals surface area contributed by atoms with Gasteiger partial charge in [0.15, 0.2) is 0 Å². The Bertz CT molecular complexity index is 391. The fraction of sp³-hybridized carbons (Fsp3) is 0.571. The van der Waals surface area contributed by atoms with Crippen molar-refractivity contribution in [2.45, 2.75) is 25.5 Å². The van der Waals surface area contributed by atoms with Crippen molar-refractivity contribution in [3.8, 4) is 0 Å². The molecule has 1 saturated heterocycles. The van der Waals surface area contributed by atoms with Crippen LogP contribution in [0.1, 0.15) is 18.4 Å². The third kappa shape index (κ3) is 3.21. The summed E-state index contributed by atoms with van der Waals surface area (Å²) in [6, 6.07) is 4.95. The lowest BCUT2D eigenvalue weighted by molar-refractivity contribution is 0.116. The lowest BCUT2D eigenvalue weighted by Crippen LogP contribution is -2.29. The van der Waals surface area contributed by atoms with Crippen LogP contribution in [0.5, 0.6) is 0 Å². The summed E-state index contributed by atoms with van der Waals surface area (Å²) in [5.74, 6) is -0.186. The normalized spacial score (nSPS) is 19.2. The molecule has 0 bridgehead atoms. The molecular weight excluding hydrogens is 231 g/mol. The van der Waals surface area contributed by atoms with Gasteiger partial charge in [0.2, 0.25) is 0 Å². The first-order chi connectivity index (χ1) is 8.70. The number of hydrogen-bond acceptors (Lipinski definition) is 3. The van der Waals surface area contributed by atoms with E-state index < -0.39 is 0 Å². The van der Waals surface area contributed by atoms with Crippen LogP contribution in [0.3, 0.4) is 0 Å². The second-order valence-electron chi connectivity index (χ2n) is 4.82. The van der Waals surface area contributed by atoms with E-state index in [0.29, 0.717) is 12.6 Å². The van der Waals surface area contributed by atoms with Gasteiger partial charge in [-0.25, -0.2) is 4.39 Å². The number of rotatable bonds is 5. The molecule has 1 aromatic carbocycles. The molecule has 4 heteroatoms. The number of nitrogens with one attached hydrogen (secondary N) is 1. The summed E-state index contributed by atoms with van der Waals surface area (Å²) in [6.07, 6.45) is 2.57. The molecule has 1 fully saturated rings. The van der Waals surface area contributed by atoms with E-state index in [1.807, 2.05) is 20.2 Å². The van der Waals surface area contributed by atoms with Crippen LogP contribution in [0.2, 0.25) is 0 Å². The first kappa shape index (κ1) is 13.3. The minimum absolute atomic E-state index is 0.186. The molecule has 0 aliphatic carbocycles. The van der Waals surface area contributed by atoms with Gasteiger partial charge < -0.3 is 15.0 Å². The van der Waals surface area contributed by atoms with Crippen molar-refractivity contribution in [2.75, 3.05) is 32.1 Å². The summed E-state index contributed by atoms with van der Waals surface area (Å²) in [4.78, 5) is 2.15. The summed E-state index contributed by atoms with van der Waals surface area (Å²) in [5, 5.41) is 3.08. The SMILES string of the molecule is CNCc1cc(F)ccc1N(C)CC1CCCO1. The van der Waals surface area contributed by atoms with Crippen LogP contribution in [0.25, 0.3) is 0 Å². The molecule has 1 heterocycles. The molecule has 1 unspecified atom stereocenters. The van der Waals surface area contributed by atoms with Crippen LogP contribution >= 0.6 is 0 Å². The van der Waals surface area contributed by atoms with Gasteiger partial charge in [-0.05, 0) is 43.7 Å². The predicted molar refractivity (Wildman–Crippen MR) is 71.4 cm³/mol. The average molecular weight is 252 g/mol. The smallest absolute Gasteiger partial charge is 0.123 e. The summed E-state index contributed by atoms with van der Waals surface area (Å²) in [5.41, 5.74) is 2.05. The molecule has 3 nitrogen and oxygen atoms in total. The highest BCUT2D eigenvalue weighted by atomic mass is 19.1. The van der Waals surface area contributed by atoms with Gasteiger partial charge in [0, 0.05) is 32.4 Å². The Balaban J connectivity index is 2.09. The zero-order valence-electron chi connectivity index (χ0n) is 11.1. The summed E-state index contributed by atoms with van der Waals surface area (Å²) < 4.78 is 18.9. The number of benzene rings is 1. The second kappa shape index (κ2) is 6.16. The summed E-state index contributed by atoms with van der Waals surface area (Å²) >= 11 is 0. The van der Waals surface area contributed by atoms with Gasteiger partial charge in [-0.15, -0.1) is 0 Å². The maximum atomic E-state index is 13.3. The molecule has 0 amide bonds. The molecule has 1 aliphatic heterocycles. The third-order valence-electron chi connectivity index (χ3n) is 3.32. The van der Waals surface area contributed by atoms with Crippen LogP contribution in [-0.2, 0) is 11.3 Å². The predicted octanol–water partition coefficient (Wildman–Crippen LogP) is 2.16. The monoisotopic (exact) mass is 252 g/mol. The average Bonchev–Trinajstić information content (AvgIpc) is 2.82. The molecule has 1 aromatic rings. The molecule has 0 saturated carbocycles. The minimum atomic E-state index is -0.186. The van der Waals surface area contributed by atoms with Crippen LogP contribution < -0.4 is 10.2 Å². The van der Waals surface area contributed by atoms with Crippen LogP contribution in [0.15, 0.2) is 18.2 Å². The molecule has 1 aliphatic rings. The Morgan fingerprint density at radius 1 is 1.50 bits per heavy atom. The van der Waals surface area contributed by atoms with E-state index in [1.165, 1.54) is 6.07 Å². The Labute approximate surface area is 108 Å². The molecule has 0 aromatic heterocycles. The highest BCUT2D eigenvalue weighted by Gasteiger charge is 2.18. The van der Waals surface area contributed by atoms with Crippen LogP contribution in [0, 0.1) is 5.82 Å². The molecule has 0 spiro atoms. The van der Waals surface area contributed by atoms with Crippen molar-refractivity contribution in [3.63, 3.8) is 0 Å². The first-order valence-electron chi connectivity index (χ1n) is 6.46. The van der Waals surface area contributed by atoms with Crippen molar-refractivity contribution in [2.24, 2.45) is 0 Å². The van der Waals surface area contributed by atoms with Gasteiger partial charge >= 0.3 is 0 Å². The zero-order valence-corrected chi connectivity index (χ0v) is 11.1. The van der Waals surface area contributed by atoms with Gasteiger partial charge in [-0.2, -0.15) is 0 Å². The van der Waals surface area contributed by atoms with Crippen LogP contribution in [0.4, 0.5) is 10.1 Å². The van der Waals surface area contributed by atoms with E-state index in [4.69, 9.17) is 4.74 Å². The van der Waals surface area contributed by atoms with E-state index in [0.717, 1.165) is 37.2 Å². The maximum absolute atomic E-state index is 13.3. The zero-order chi connectivity index (χ0) is 13.0. The molecule has 1 atom stereocenters.